The molecule has 1 aliphatic heterocycles. The van der Waals surface area contributed by atoms with Gasteiger partial charge in [0.1, 0.15) is 16.7 Å². The van der Waals surface area contributed by atoms with Gasteiger partial charge in [0.15, 0.2) is 0 Å². The van der Waals surface area contributed by atoms with Crippen LogP contribution in [0, 0.1) is 18.3 Å². The molecule has 0 bridgehead atoms. The van der Waals surface area contributed by atoms with Crippen LogP contribution in [0.4, 0.5) is 11.4 Å². The zero-order valence-corrected chi connectivity index (χ0v) is 22.0. The predicted octanol–water partition coefficient (Wildman–Crippen LogP) is 6.93. The molecule has 3 aromatic carbocycles. The van der Waals surface area contributed by atoms with Crippen molar-refractivity contribution in [2.75, 3.05) is 10.2 Å². The number of carbonyl (C=O) groups excluding carboxylic acids is 2. The summed E-state index contributed by atoms with van der Waals surface area (Å²) in [5, 5.41) is 13.4. The fourth-order valence-electron chi connectivity index (χ4n) is 3.81. The van der Waals surface area contributed by atoms with E-state index < -0.39 is 11.2 Å². The lowest BCUT2D eigenvalue weighted by Gasteiger charge is -2.19. The van der Waals surface area contributed by atoms with Crippen LogP contribution in [0.25, 0.3) is 0 Å². The lowest BCUT2D eigenvalue weighted by atomic mass is 10.1. The van der Waals surface area contributed by atoms with E-state index in [9.17, 15) is 14.9 Å². The third-order valence-electron chi connectivity index (χ3n) is 5.82. The van der Waals surface area contributed by atoms with Crippen LogP contribution in [0.5, 0.6) is 0 Å². The maximum absolute atomic E-state index is 13.6. The Morgan fingerprint density at radius 3 is 2.31 bits per heavy atom. The van der Waals surface area contributed by atoms with E-state index in [-0.39, 0.29) is 11.5 Å². The Morgan fingerprint density at radius 1 is 1.03 bits per heavy atom. The fraction of sp³-hybridized carbons (Fsp3) is 0.179. The van der Waals surface area contributed by atoms with Crippen molar-refractivity contribution in [3.05, 3.63) is 104 Å². The minimum absolute atomic E-state index is 0.120. The molecule has 1 atom stereocenters. The summed E-state index contributed by atoms with van der Waals surface area (Å²) in [7, 11) is 0. The number of anilines is 2. The summed E-state index contributed by atoms with van der Waals surface area (Å²) >= 11 is 13.4. The molecule has 0 spiro atoms. The Morgan fingerprint density at radius 2 is 1.69 bits per heavy atom. The number of hydrogen-bond donors (Lipinski definition) is 1. The van der Waals surface area contributed by atoms with E-state index in [1.807, 2.05) is 62.4 Å². The first kappa shape index (κ1) is 25.8. The molecule has 1 N–H and O–H groups in total. The van der Waals surface area contributed by atoms with E-state index in [0.717, 1.165) is 23.1 Å². The Bertz CT molecular complexity index is 1380. The number of nitrogens with one attached hydrogen (secondary N) is 1. The largest absolute Gasteiger partial charge is 0.321 e. The van der Waals surface area contributed by atoms with E-state index in [1.165, 1.54) is 16.7 Å². The first-order valence-electron chi connectivity index (χ1n) is 11.4. The highest BCUT2D eigenvalue weighted by atomic mass is 35.5. The number of nitrogens with zero attached hydrogens (tertiary/aromatic N) is 2. The molecule has 0 saturated carbocycles. The molecule has 1 saturated heterocycles. The standard InChI is InChI=1S/C28H23Cl2N3O2S/c1-3-18-6-11-21(12-7-18)33-27(35)25(15-19-8-13-23(29)24(30)14-19)36-28(33)22(16-31)26(34)32-20-9-4-17(2)5-10-20/h4-14,25H,3,15H2,1-2H3,(H,32,34)/b28-22-. The first-order chi connectivity index (χ1) is 17.3. The van der Waals surface area contributed by atoms with Gasteiger partial charge in [-0.15, -0.1) is 0 Å². The van der Waals surface area contributed by atoms with E-state index in [4.69, 9.17) is 23.2 Å². The number of thioether (sulfide) groups is 1. The Kier molecular flexibility index (Phi) is 8.05. The van der Waals surface area contributed by atoms with Gasteiger partial charge >= 0.3 is 0 Å². The van der Waals surface area contributed by atoms with Gasteiger partial charge in [-0.25, -0.2) is 0 Å². The second-order valence-corrected chi connectivity index (χ2v) is 10.4. The van der Waals surface area contributed by atoms with Crippen molar-refractivity contribution in [1.29, 1.82) is 5.26 Å². The van der Waals surface area contributed by atoms with Crippen LogP contribution in [-0.4, -0.2) is 17.1 Å². The maximum Gasteiger partial charge on any atom is 0.269 e. The summed E-state index contributed by atoms with van der Waals surface area (Å²) < 4.78 is 0. The fourth-order valence-corrected chi connectivity index (χ4v) is 5.44. The second-order valence-electron chi connectivity index (χ2n) is 8.36. The molecule has 3 aromatic rings. The topological polar surface area (TPSA) is 73.2 Å². The summed E-state index contributed by atoms with van der Waals surface area (Å²) in [5.41, 5.74) is 4.06. The Labute approximate surface area is 224 Å². The Hall–Kier alpha value is -3.24. The molecule has 2 amide bonds. The molecule has 182 valence electrons. The van der Waals surface area contributed by atoms with Gasteiger partial charge in [-0.2, -0.15) is 5.26 Å². The molecule has 8 heteroatoms. The van der Waals surface area contributed by atoms with Crippen LogP contribution in [0.2, 0.25) is 10.0 Å². The molecular formula is C28H23Cl2N3O2S. The monoisotopic (exact) mass is 535 g/mol. The van der Waals surface area contributed by atoms with Gasteiger partial charge in [0.05, 0.1) is 15.3 Å². The van der Waals surface area contributed by atoms with Gasteiger partial charge in [0, 0.05) is 11.4 Å². The van der Waals surface area contributed by atoms with Crippen LogP contribution < -0.4 is 10.2 Å². The average molecular weight is 536 g/mol. The van der Waals surface area contributed by atoms with Crippen molar-refractivity contribution < 1.29 is 9.59 Å². The quantitative estimate of drug-likeness (QED) is 0.274. The van der Waals surface area contributed by atoms with Crippen LogP contribution in [0.1, 0.15) is 23.6 Å². The number of rotatable bonds is 6. The molecule has 1 aliphatic rings. The zero-order valence-electron chi connectivity index (χ0n) is 19.7. The lowest BCUT2D eigenvalue weighted by molar-refractivity contribution is -0.117. The molecule has 1 unspecified atom stereocenters. The number of nitriles is 1. The average Bonchev–Trinajstić information content (AvgIpc) is 3.18. The summed E-state index contributed by atoms with van der Waals surface area (Å²) in [4.78, 5) is 28.3. The van der Waals surface area contributed by atoms with E-state index in [0.29, 0.717) is 32.9 Å². The number of halogens is 2. The number of aryl methyl sites for hydroxylation is 2. The van der Waals surface area contributed by atoms with Gasteiger partial charge in [-0.1, -0.05) is 77.8 Å². The molecule has 0 radical (unpaired) electrons. The van der Waals surface area contributed by atoms with E-state index >= 15 is 0 Å². The lowest BCUT2D eigenvalue weighted by Crippen LogP contribution is -2.31. The smallest absolute Gasteiger partial charge is 0.269 e. The summed E-state index contributed by atoms with van der Waals surface area (Å²) in [6, 6.07) is 22.1. The van der Waals surface area contributed by atoms with Crippen LogP contribution in [0.15, 0.2) is 77.3 Å². The first-order valence-corrected chi connectivity index (χ1v) is 13.0. The van der Waals surface area contributed by atoms with Crippen molar-refractivity contribution in [2.24, 2.45) is 0 Å². The number of benzene rings is 3. The van der Waals surface area contributed by atoms with E-state index in [1.54, 1.807) is 24.3 Å². The van der Waals surface area contributed by atoms with Crippen LogP contribution in [-0.2, 0) is 22.4 Å². The van der Waals surface area contributed by atoms with Gasteiger partial charge in [-0.05, 0) is 67.3 Å². The third kappa shape index (κ3) is 5.60. The maximum atomic E-state index is 13.6. The van der Waals surface area contributed by atoms with Gasteiger partial charge in [0.2, 0.25) is 5.91 Å². The van der Waals surface area contributed by atoms with Gasteiger partial charge in [-0.3, -0.25) is 14.5 Å². The third-order valence-corrected chi connectivity index (χ3v) is 7.82. The molecule has 4 rings (SSSR count). The highest BCUT2D eigenvalue weighted by Crippen LogP contribution is 2.42. The molecule has 0 aromatic heterocycles. The molecular weight excluding hydrogens is 513 g/mol. The van der Waals surface area contributed by atoms with Crippen molar-refractivity contribution in [1.82, 2.24) is 0 Å². The number of amides is 2. The van der Waals surface area contributed by atoms with Crippen LogP contribution >= 0.6 is 35.0 Å². The van der Waals surface area contributed by atoms with Gasteiger partial charge in [0.25, 0.3) is 5.91 Å². The minimum atomic E-state index is -0.568. The number of hydrogen-bond acceptors (Lipinski definition) is 4. The van der Waals surface area contributed by atoms with Crippen molar-refractivity contribution in [3.8, 4) is 6.07 Å². The SMILES string of the molecule is CCc1ccc(N2C(=O)C(Cc3ccc(Cl)c(Cl)c3)S/C2=C(/C#N)C(=O)Nc2ccc(C)cc2)cc1. The molecule has 0 aliphatic carbocycles. The van der Waals surface area contributed by atoms with Crippen molar-refractivity contribution >= 4 is 58.2 Å². The molecule has 36 heavy (non-hydrogen) atoms. The highest BCUT2D eigenvalue weighted by Gasteiger charge is 2.40. The molecule has 1 heterocycles. The minimum Gasteiger partial charge on any atom is -0.321 e. The summed E-state index contributed by atoms with van der Waals surface area (Å²) in [5.74, 6) is -0.775. The van der Waals surface area contributed by atoms with Crippen molar-refractivity contribution in [2.45, 2.75) is 31.9 Å². The normalized spacial score (nSPS) is 16.6. The highest BCUT2D eigenvalue weighted by molar-refractivity contribution is 8.05. The molecule has 5 nitrogen and oxygen atoms in total. The molecule has 1 fully saturated rings. The van der Waals surface area contributed by atoms with Crippen molar-refractivity contribution in [3.63, 3.8) is 0 Å². The Balaban J connectivity index is 1.72. The van der Waals surface area contributed by atoms with Crippen LogP contribution in [0.3, 0.4) is 0 Å². The zero-order chi connectivity index (χ0) is 25.8. The predicted molar refractivity (Wildman–Crippen MR) is 147 cm³/mol. The summed E-state index contributed by atoms with van der Waals surface area (Å²) in [6.07, 6.45) is 1.22. The van der Waals surface area contributed by atoms with Gasteiger partial charge < -0.3 is 5.32 Å². The second kappa shape index (κ2) is 11.2. The number of carbonyl (C=O) groups is 2. The van der Waals surface area contributed by atoms with E-state index in [2.05, 4.69) is 5.32 Å². The summed E-state index contributed by atoms with van der Waals surface area (Å²) in [6.45, 7) is 4.00.